The van der Waals surface area contributed by atoms with Crippen LogP contribution in [-0.4, -0.2) is 29.1 Å². The molecule has 0 unspecified atom stereocenters. The van der Waals surface area contributed by atoms with Crippen LogP contribution in [0.4, 0.5) is 5.69 Å². The molecule has 0 spiro atoms. The predicted octanol–water partition coefficient (Wildman–Crippen LogP) is 2.93. The van der Waals surface area contributed by atoms with Crippen LogP contribution in [0.3, 0.4) is 0 Å². The average Bonchev–Trinajstić information content (AvgIpc) is 2.83. The van der Waals surface area contributed by atoms with E-state index in [1.165, 1.54) is 0 Å². The Balaban J connectivity index is 2.40. The van der Waals surface area contributed by atoms with Gasteiger partial charge in [-0.3, -0.25) is 0 Å². The topological polar surface area (TPSA) is 34.0 Å². The first-order valence-electron chi connectivity index (χ1n) is 6.59. The van der Waals surface area contributed by atoms with Gasteiger partial charge in [0.2, 0.25) is 0 Å². The van der Waals surface area contributed by atoms with Gasteiger partial charge in [-0.15, -0.1) is 18.3 Å². The van der Waals surface area contributed by atoms with Crippen molar-refractivity contribution in [3.05, 3.63) is 55.3 Å². The second-order valence-corrected chi connectivity index (χ2v) is 4.79. The van der Waals surface area contributed by atoms with Crippen molar-refractivity contribution in [1.29, 1.82) is 0 Å². The molecular formula is C16H20N4. The van der Waals surface area contributed by atoms with Crippen molar-refractivity contribution in [2.75, 3.05) is 19.0 Å². The van der Waals surface area contributed by atoms with E-state index < -0.39 is 0 Å². The maximum atomic E-state index is 4.30. The molecule has 0 aliphatic rings. The molecule has 2 rings (SSSR count). The highest BCUT2D eigenvalue weighted by Gasteiger charge is 2.12. The Hall–Kier alpha value is -2.36. The molecule has 4 heteroatoms. The summed E-state index contributed by atoms with van der Waals surface area (Å²) in [6, 6.07) is 8.31. The Bertz CT molecular complexity index is 593. The largest absolute Gasteiger partial charge is 0.378 e. The standard InChI is InChI=1S/C16H20N4/c1-5-7-15-16(17-18-20(15)12-6-2)13-8-10-14(11-9-13)19(3)4/h5-6,8-11H,1-2,7,12H2,3-4H3. The summed E-state index contributed by atoms with van der Waals surface area (Å²) in [5.41, 5.74) is 4.22. The van der Waals surface area contributed by atoms with Gasteiger partial charge in [0.15, 0.2) is 0 Å². The van der Waals surface area contributed by atoms with Gasteiger partial charge in [0.05, 0.1) is 12.2 Å². The minimum atomic E-state index is 0.659. The maximum Gasteiger partial charge on any atom is 0.116 e. The van der Waals surface area contributed by atoms with Crippen LogP contribution in [0.15, 0.2) is 49.6 Å². The summed E-state index contributed by atoms with van der Waals surface area (Å²) in [6.45, 7) is 8.22. The molecule has 0 saturated carbocycles. The van der Waals surface area contributed by atoms with E-state index in [0.29, 0.717) is 6.54 Å². The zero-order valence-electron chi connectivity index (χ0n) is 12.1. The van der Waals surface area contributed by atoms with Crippen molar-refractivity contribution >= 4 is 5.69 Å². The summed E-state index contributed by atoms with van der Waals surface area (Å²) in [4.78, 5) is 2.07. The highest BCUT2D eigenvalue weighted by atomic mass is 15.4. The fraction of sp³-hybridized carbons (Fsp3) is 0.250. The lowest BCUT2D eigenvalue weighted by Crippen LogP contribution is -2.08. The molecule has 0 atom stereocenters. The third kappa shape index (κ3) is 2.79. The van der Waals surface area contributed by atoms with Crippen molar-refractivity contribution in [1.82, 2.24) is 15.0 Å². The third-order valence-corrected chi connectivity index (χ3v) is 3.13. The van der Waals surface area contributed by atoms with Gasteiger partial charge in [0.1, 0.15) is 5.69 Å². The molecule has 0 bridgehead atoms. The second-order valence-electron chi connectivity index (χ2n) is 4.79. The van der Waals surface area contributed by atoms with Gasteiger partial charge in [0, 0.05) is 31.8 Å². The smallest absolute Gasteiger partial charge is 0.116 e. The molecule has 0 radical (unpaired) electrons. The highest BCUT2D eigenvalue weighted by Crippen LogP contribution is 2.24. The molecule has 0 N–H and O–H groups in total. The van der Waals surface area contributed by atoms with Crippen LogP contribution in [0.5, 0.6) is 0 Å². The molecule has 1 aromatic heterocycles. The van der Waals surface area contributed by atoms with Gasteiger partial charge >= 0.3 is 0 Å². The first-order valence-corrected chi connectivity index (χ1v) is 6.59. The maximum absolute atomic E-state index is 4.30. The number of aromatic nitrogens is 3. The Labute approximate surface area is 120 Å². The van der Waals surface area contributed by atoms with E-state index >= 15 is 0 Å². The van der Waals surface area contributed by atoms with Crippen molar-refractivity contribution in [3.63, 3.8) is 0 Å². The molecule has 0 aliphatic carbocycles. The first kappa shape index (κ1) is 14.1. The Morgan fingerprint density at radius 2 is 1.85 bits per heavy atom. The van der Waals surface area contributed by atoms with Gasteiger partial charge in [-0.2, -0.15) is 0 Å². The Morgan fingerprint density at radius 1 is 1.15 bits per heavy atom. The van der Waals surface area contributed by atoms with E-state index in [1.54, 1.807) is 0 Å². The lowest BCUT2D eigenvalue weighted by atomic mass is 10.1. The number of nitrogens with zero attached hydrogens (tertiary/aromatic N) is 4. The van der Waals surface area contributed by atoms with Crippen molar-refractivity contribution < 1.29 is 0 Å². The van der Waals surface area contributed by atoms with Crippen LogP contribution in [0.1, 0.15) is 5.69 Å². The normalized spacial score (nSPS) is 10.3. The van der Waals surface area contributed by atoms with E-state index in [-0.39, 0.29) is 0 Å². The van der Waals surface area contributed by atoms with Crippen LogP contribution in [0.2, 0.25) is 0 Å². The molecule has 0 saturated heterocycles. The fourth-order valence-electron chi connectivity index (χ4n) is 2.08. The molecule has 0 amide bonds. The van der Waals surface area contributed by atoms with E-state index in [0.717, 1.165) is 29.1 Å². The fourth-order valence-corrected chi connectivity index (χ4v) is 2.08. The lowest BCUT2D eigenvalue weighted by Gasteiger charge is -2.12. The van der Waals surface area contributed by atoms with E-state index in [2.05, 4.69) is 52.6 Å². The van der Waals surface area contributed by atoms with Gasteiger partial charge in [0.25, 0.3) is 0 Å². The average molecular weight is 268 g/mol. The highest BCUT2D eigenvalue weighted by molar-refractivity contribution is 5.65. The summed E-state index contributed by atoms with van der Waals surface area (Å²) in [5.74, 6) is 0. The quantitative estimate of drug-likeness (QED) is 0.755. The summed E-state index contributed by atoms with van der Waals surface area (Å²) in [7, 11) is 4.05. The number of benzene rings is 1. The van der Waals surface area contributed by atoms with Crippen LogP contribution in [0, 0.1) is 0 Å². The summed E-state index contributed by atoms with van der Waals surface area (Å²) < 4.78 is 1.86. The molecule has 20 heavy (non-hydrogen) atoms. The summed E-state index contributed by atoms with van der Waals surface area (Å²) in [5, 5.41) is 8.50. The Morgan fingerprint density at radius 3 is 2.40 bits per heavy atom. The molecule has 4 nitrogen and oxygen atoms in total. The third-order valence-electron chi connectivity index (χ3n) is 3.13. The zero-order chi connectivity index (χ0) is 14.5. The zero-order valence-corrected chi connectivity index (χ0v) is 12.1. The first-order chi connectivity index (χ1) is 9.67. The van der Waals surface area contributed by atoms with Gasteiger partial charge in [-0.05, 0) is 12.1 Å². The molecule has 1 aromatic carbocycles. The molecule has 1 heterocycles. The minimum absolute atomic E-state index is 0.659. The van der Waals surface area contributed by atoms with Gasteiger partial charge < -0.3 is 4.90 Å². The number of rotatable bonds is 6. The summed E-state index contributed by atoms with van der Waals surface area (Å²) >= 11 is 0. The summed E-state index contributed by atoms with van der Waals surface area (Å²) in [6.07, 6.45) is 4.43. The monoisotopic (exact) mass is 268 g/mol. The molecule has 0 fully saturated rings. The number of hydrogen-bond donors (Lipinski definition) is 0. The lowest BCUT2D eigenvalue weighted by molar-refractivity contribution is 0.638. The van der Waals surface area contributed by atoms with Crippen LogP contribution < -0.4 is 4.90 Å². The predicted molar refractivity (Wildman–Crippen MR) is 83.9 cm³/mol. The minimum Gasteiger partial charge on any atom is -0.378 e. The van der Waals surface area contributed by atoms with Crippen LogP contribution >= 0.6 is 0 Å². The van der Waals surface area contributed by atoms with Gasteiger partial charge in [-0.25, -0.2) is 4.68 Å². The second kappa shape index (κ2) is 6.19. The number of hydrogen-bond acceptors (Lipinski definition) is 3. The van der Waals surface area contributed by atoms with Crippen molar-refractivity contribution in [3.8, 4) is 11.3 Å². The van der Waals surface area contributed by atoms with Crippen molar-refractivity contribution in [2.24, 2.45) is 0 Å². The van der Waals surface area contributed by atoms with Crippen molar-refractivity contribution in [2.45, 2.75) is 13.0 Å². The van der Waals surface area contributed by atoms with Crippen LogP contribution in [0.25, 0.3) is 11.3 Å². The Kier molecular flexibility index (Phi) is 4.35. The molecule has 2 aromatic rings. The van der Waals surface area contributed by atoms with E-state index in [4.69, 9.17) is 0 Å². The SMILES string of the molecule is C=CCc1c(-c2ccc(N(C)C)cc2)nnn1CC=C. The van der Waals surface area contributed by atoms with Gasteiger partial charge in [-0.1, -0.05) is 29.5 Å². The number of anilines is 1. The molecule has 0 aliphatic heterocycles. The number of allylic oxidation sites excluding steroid dienone is 2. The van der Waals surface area contributed by atoms with E-state index in [1.807, 2.05) is 30.9 Å². The van der Waals surface area contributed by atoms with E-state index in [9.17, 15) is 0 Å². The van der Waals surface area contributed by atoms with Crippen LogP contribution in [-0.2, 0) is 13.0 Å². The molecule has 104 valence electrons. The molecular weight excluding hydrogens is 248 g/mol.